The molecule has 0 heterocycles. The highest BCUT2D eigenvalue weighted by atomic mass is 14.9. The summed E-state index contributed by atoms with van der Waals surface area (Å²) in [7, 11) is 0. The number of hydrogen-bond acceptors (Lipinski definition) is 1. The van der Waals surface area contributed by atoms with Crippen molar-refractivity contribution < 1.29 is 0 Å². The van der Waals surface area contributed by atoms with E-state index in [-0.39, 0.29) is 0 Å². The lowest BCUT2D eigenvalue weighted by Crippen LogP contribution is -2.26. The predicted octanol–water partition coefficient (Wildman–Crippen LogP) is 5.09. The Morgan fingerprint density at radius 1 is 0.905 bits per heavy atom. The van der Waals surface area contributed by atoms with Gasteiger partial charge in [0.2, 0.25) is 0 Å². The molecule has 2 aromatic carbocycles. The highest BCUT2D eigenvalue weighted by molar-refractivity contribution is 5.30. The van der Waals surface area contributed by atoms with Crippen molar-refractivity contribution in [3.8, 4) is 0 Å². The Morgan fingerprint density at radius 3 is 2.29 bits per heavy atom. The number of benzene rings is 2. The maximum atomic E-state index is 3.74. The van der Waals surface area contributed by atoms with Crippen molar-refractivity contribution >= 4 is 0 Å². The fourth-order valence-corrected chi connectivity index (χ4v) is 2.84. The molecule has 0 saturated carbocycles. The molecule has 21 heavy (non-hydrogen) atoms. The molecule has 0 aliphatic heterocycles. The zero-order chi connectivity index (χ0) is 15.1. The summed E-state index contributed by atoms with van der Waals surface area (Å²) in [6.45, 7) is 7.81. The number of hydrogen-bond donors (Lipinski definition) is 1. The molecular formula is C20H27N. The minimum atomic E-state index is 0.374. The van der Waals surface area contributed by atoms with E-state index < -0.39 is 0 Å². The summed E-state index contributed by atoms with van der Waals surface area (Å²) in [6, 6.07) is 20.2. The average molecular weight is 281 g/mol. The van der Waals surface area contributed by atoms with Crippen molar-refractivity contribution in [2.45, 2.75) is 45.6 Å². The molecule has 1 heteroatoms. The second kappa shape index (κ2) is 7.99. The highest BCUT2D eigenvalue weighted by Gasteiger charge is 2.20. The molecular weight excluding hydrogens is 254 g/mol. The Labute approximate surface area is 129 Å². The van der Waals surface area contributed by atoms with Gasteiger partial charge in [0.15, 0.2) is 0 Å². The van der Waals surface area contributed by atoms with Gasteiger partial charge in [0.1, 0.15) is 0 Å². The first-order valence-corrected chi connectivity index (χ1v) is 8.13. The van der Waals surface area contributed by atoms with E-state index in [0.717, 1.165) is 19.4 Å². The van der Waals surface area contributed by atoms with Crippen LogP contribution < -0.4 is 5.32 Å². The van der Waals surface area contributed by atoms with E-state index in [1.54, 1.807) is 0 Å². The topological polar surface area (TPSA) is 12.0 Å². The van der Waals surface area contributed by atoms with E-state index >= 15 is 0 Å². The monoisotopic (exact) mass is 281 g/mol. The predicted molar refractivity (Wildman–Crippen MR) is 91.7 cm³/mol. The third-order valence-corrected chi connectivity index (χ3v) is 4.16. The van der Waals surface area contributed by atoms with Crippen LogP contribution >= 0.6 is 0 Å². The van der Waals surface area contributed by atoms with Gasteiger partial charge in [0, 0.05) is 12.0 Å². The van der Waals surface area contributed by atoms with Gasteiger partial charge in [0.25, 0.3) is 0 Å². The SMILES string of the molecule is CCCNC(c1cccc(CC)c1)C(C)c1ccccc1. The maximum Gasteiger partial charge on any atom is 0.0386 e. The minimum absolute atomic E-state index is 0.374. The molecule has 112 valence electrons. The van der Waals surface area contributed by atoms with E-state index in [0.29, 0.717) is 12.0 Å². The van der Waals surface area contributed by atoms with Gasteiger partial charge >= 0.3 is 0 Å². The van der Waals surface area contributed by atoms with Gasteiger partial charge in [0.05, 0.1) is 0 Å². The van der Waals surface area contributed by atoms with Crippen LogP contribution in [0, 0.1) is 0 Å². The van der Waals surface area contributed by atoms with E-state index in [1.807, 2.05) is 0 Å². The summed E-state index contributed by atoms with van der Waals surface area (Å²) in [5.41, 5.74) is 4.21. The molecule has 0 fully saturated rings. The van der Waals surface area contributed by atoms with Crippen molar-refractivity contribution in [1.82, 2.24) is 5.32 Å². The molecule has 2 atom stereocenters. The van der Waals surface area contributed by atoms with Crippen molar-refractivity contribution in [2.75, 3.05) is 6.54 Å². The van der Waals surface area contributed by atoms with E-state index in [1.165, 1.54) is 16.7 Å². The molecule has 2 aromatic rings. The van der Waals surface area contributed by atoms with Crippen LogP contribution in [0.3, 0.4) is 0 Å². The molecule has 0 radical (unpaired) electrons. The zero-order valence-electron chi connectivity index (χ0n) is 13.5. The maximum absolute atomic E-state index is 3.74. The zero-order valence-corrected chi connectivity index (χ0v) is 13.5. The fraction of sp³-hybridized carbons (Fsp3) is 0.400. The standard InChI is InChI=1S/C20H27N/c1-4-14-21-20(16(3)18-11-7-6-8-12-18)19-13-9-10-17(5-2)15-19/h6-13,15-16,20-21H,4-5,14H2,1-3H3. The van der Waals surface area contributed by atoms with Gasteiger partial charge in [-0.1, -0.05) is 75.4 Å². The number of nitrogens with one attached hydrogen (secondary N) is 1. The quantitative estimate of drug-likeness (QED) is 0.745. The van der Waals surface area contributed by atoms with Crippen LogP contribution in [0.2, 0.25) is 0 Å². The first-order chi connectivity index (χ1) is 10.3. The Morgan fingerprint density at radius 2 is 1.62 bits per heavy atom. The molecule has 0 aromatic heterocycles. The first kappa shape index (κ1) is 15.8. The third kappa shape index (κ3) is 4.18. The van der Waals surface area contributed by atoms with Gasteiger partial charge in [-0.05, 0) is 36.1 Å². The molecule has 1 nitrogen and oxygen atoms in total. The van der Waals surface area contributed by atoms with Gasteiger partial charge < -0.3 is 5.32 Å². The number of aryl methyl sites for hydroxylation is 1. The lowest BCUT2D eigenvalue weighted by Gasteiger charge is -2.26. The molecule has 0 bridgehead atoms. The highest BCUT2D eigenvalue weighted by Crippen LogP contribution is 2.31. The minimum Gasteiger partial charge on any atom is -0.309 e. The lowest BCUT2D eigenvalue weighted by molar-refractivity contribution is 0.466. The fourth-order valence-electron chi connectivity index (χ4n) is 2.84. The van der Waals surface area contributed by atoms with Crippen LogP contribution in [0.5, 0.6) is 0 Å². The van der Waals surface area contributed by atoms with Crippen LogP contribution in [0.4, 0.5) is 0 Å². The molecule has 2 unspecified atom stereocenters. The lowest BCUT2D eigenvalue weighted by atomic mass is 9.87. The van der Waals surface area contributed by atoms with Crippen LogP contribution in [-0.4, -0.2) is 6.54 Å². The Kier molecular flexibility index (Phi) is 6.01. The van der Waals surface area contributed by atoms with E-state index in [4.69, 9.17) is 0 Å². The summed E-state index contributed by atoms with van der Waals surface area (Å²) >= 11 is 0. The molecule has 1 N–H and O–H groups in total. The second-order valence-corrected chi connectivity index (χ2v) is 5.73. The molecule has 0 amide bonds. The molecule has 0 aliphatic rings. The summed E-state index contributed by atoms with van der Waals surface area (Å²) in [5, 5.41) is 3.74. The second-order valence-electron chi connectivity index (χ2n) is 5.73. The van der Waals surface area contributed by atoms with E-state index in [2.05, 4.69) is 80.7 Å². The van der Waals surface area contributed by atoms with Gasteiger partial charge in [-0.3, -0.25) is 0 Å². The molecule has 2 rings (SSSR count). The first-order valence-electron chi connectivity index (χ1n) is 8.13. The Bertz CT molecular complexity index is 533. The van der Waals surface area contributed by atoms with Crippen molar-refractivity contribution in [2.24, 2.45) is 0 Å². The van der Waals surface area contributed by atoms with E-state index in [9.17, 15) is 0 Å². The van der Waals surface area contributed by atoms with Crippen molar-refractivity contribution in [1.29, 1.82) is 0 Å². The largest absolute Gasteiger partial charge is 0.309 e. The smallest absolute Gasteiger partial charge is 0.0386 e. The third-order valence-electron chi connectivity index (χ3n) is 4.16. The van der Waals surface area contributed by atoms with Crippen molar-refractivity contribution in [3.05, 3.63) is 71.3 Å². The average Bonchev–Trinajstić information content (AvgIpc) is 2.56. The van der Waals surface area contributed by atoms with Gasteiger partial charge in [-0.15, -0.1) is 0 Å². The summed E-state index contributed by atoms with van der Waals surface area (Å²) in [6.07, 6.45) is 2.25. The molecule has 0 spiro atoms. The number of rotatable bonds is 7. The van der Waals surface area contributed by atoms with Crippen LogP contribution in [0.15, 0.2) is 54.6 Å². The van der Waals surface area contributed by atoms with Gasteiger partial charge in [-0.25, -0.2) is 0 Å². The summed E-state index contributed by atoms with van der Waals surface area (Å²) in [4.78, 5) is 0. The molecule has 0 aliphatic carbocycles. The Balaban J connectivity index is 2.28. The van der Waals surface area contributed by atoms with Crippen LogP contribution in [-0.2, 0) is 6.42 Å². The van der Waals surface area contributed by atoms with Crippen LogP contribution in [0.25, 0.3) is 0 Å². The van der Waals surface area contributed by atoms with Crippen LogP contribution in [0.1, 0.15) is 55.8 Å². The van der Waals surface area contributed by atoms with Gasteiger partial charge in [-0.2, -0.15) is 0 Å². The summed E-state index contributed by atoms with van der Waals surface area (Å²) < 4.78 is 0. The Hall–Kier alpha value is -1.60. The molecule has 0 saturated heterocycles. The van der Waals surface area contributed by atoms with Crippen molar-refractivity contribution in [3.63, 3.8) is 0 Å². The summed E-state index contributed by atoms with van der Waals surface area (Å²) in [5.74, 6) is 0.463. The normalized spacial score (nSPS) is 13.9.